The summed E-state index contributed by atoms with van der Waals surface area (Å²) in [6.07, 6.45) is 3.32. The first-order valence-corrected chi connectivity index (χ1v) is 9.24. The van der Waals surface area contributed by atoms with E-state index in [9.17, 15) is 14.4 Å². The van der Waals surface area contributed by atoms with Crippen LogP contribution in [0.4, 0.5) is 5.69 Å². The number of fused-ring (bicyclic) bond motifs is 5. The second-order valence-electron chi connectivity index (χ2n) is 7.02. The minimum absolute atomic E-state index is 0.0476. The molecule has 4 atom stereocenters. The molecule has 5 nitrogen and oxygen atoms in total. The van der Waals surface area contributed by atoms with Gasteiger partial charge in [0, 0.05) is 23.1 Å². The number of nitrogens with one attached hydrogen (secondary N) is 1. The van der Waals surface area contributed by atoms with E-state index in [2.05, 4.69) is 21.2 Å². The van der Waals surface area contributed by atoms with Crippen LogP contribution in [0.15, 0.2) is 28.7 Å². The van der Waals surface area contributed by atoms with Crippen LogP contribution < -0.4 is 5.32 Å². The van der Waals surface area contributed by atoms with Crippen LogP contribution in [0.25, 0.3) is 0 Å². The van der Waals surface area contributed by atoms with Crippen molar-refractivity contribution in [2.45, 2.75) is 25.7 Å². The number of imide groups is 1. The molecule has 3 amide bonds. The quantitative estimate of drug-likeness (QED) is 0.803. The Hall–Kier alpha value is -1.69. The fourth-order valence-electron chi connectivity index (χ4n) is 4.66. The van der Waals surface area contributed by atoms with Crippen molar-refractivity contribution >= 4 is 39.3 Å². The predicted molar refractivity (Wildman–Crippen MR) is 91.9 cm³/mol. The van der Waals surface area contributed by atoms with Gasteiger partial charge < -0.3 is 5.32 Å². The molecule has 1 aliphatic heterocycles. The number of likely N-dealkylation sites (tertiary alicyclic amines) is 1. The van der Waals surface area contributed by atoms with Gasteiger partial charge in [0.2, 0.25) is 17.7 Å². The van der Waals surface area contributed by atoms with E-state index < -0.39 is 0 Å². The topological polar surface area (TPSA) is 66.5 Å². The number of nitrogens with zero attached hydrogens (tertiary/aromatic N) is 1. The molecule has 0 radical (unpaired) electrons. The highest BCUT2D eigenvalue weighted by molar-refractivity contribution is 9.10. The smallest absolute Gasteiger partial charge is 0.233 e. The molecule has 2 saturated carbocycles. The molecule has 126 valence electrons. The molecule has 0 unspecified atom stereocenters. The van der Waals surface area contributed by atoms with Gasteiger partial charge in [-0.15, -0.1) is 0 Å². The maximum atomic E-state index is 12.6. The van der Waals surface area contributed by atoms with Gasteiger partial charge in [0.05, 0.1) is 11.8 Å². The number of rotatable bonds is 4. The normalized spacial score (nSPS) is 30.8. The molecular weight excluding hydrogens is 372 g/mol. The Morgan fingerprint density at radius 2 is 1.67 bits per heavy atom. The highest BCUT2D eigenvalue weighted by atomic mass is 79.9. The van der Waals surface area contributed by atoms with E-state index >= 15 is 0 Å². The number of hydrogen-bond acceptors (Lipinski definition) is 3. The van der Waals surface area contributed by atoms with E-state index in [1.165, 1.54) is 4.90 Å². The van der Waals surface area contributed by atoms with Gasteiger partial charge in [0.25, 0.3) is 0 Å². The summed E-state index contributed by atoms with van der Waals surface area (Å²) in [5.74, 6) is 0.285. The zero-order valence-corrected chi connectivity index (χ0v) is 14.8. The van der Waals surface area contributed by atoms with Crippen molar-refractivity contribution in [1.29, 1.82) is 0 Å². The Kier molecular flexibility index (Phi) is 3.95. The van der Waals surface area contributed by atoms with Crippen LogP contribution in [-0.4, -0.2) is 29.2 Å². The lowest BCUT2D eigenvalue weighted by Gasteiger charge is -2.19. The fourth-order valence-corrected chi connectivity index (χ4v) is 4.93. The third-order valence-corrected chi connectivity index (χ3v) is 6.24. The predicted octanol–water partition coefficient (Wildman–Crippen LogP) is 2.81. The van der Waals surface area contributed by atoms with Crippen LogP contribution >= 0.6 is 15.9 Å². The van der Waals surface area contributed by atoms with Crippen LogP contribution in [0, 0.1) is 23.7 Å². The molecule has 24 heavy (non-hydrogen) atoms. The lowest BCUT2D eigenvalue weighted by molar-refractivity contribution is -0.140. The van der Waals surface area contributed by atoms with E-state index in [4.69, 9.17) is 0 Å². The first kappa shape index (κ1) is 15.8. The van der Waals surface area contributed by atoms with Crippen LogP contribution in [0.1, 0.15) is 25.7 Å². The fraction of sp³-hybridized carbons (Fsp3) is 0.500. The van der Waals surface area contributed by atoms with E-state index in [1.807, 2.05) is 12.1 Å². The molecule has 3 aliphatic rings. The van der Waals surface area contributed by atoms with Gasteiger partial charge in [-0.05, 0) is 55.4 Å². The van der Waals surface area contributed by atoms with E-state index in [0.29, 0.717) is 17.5 Å². The van der Waals surface area contributed by atoms with Crippen LogP contribution in [0.3, 0.4) is 0 Å². The molecular formula is C18H19BrN2O3. The minimum Gasteiger partial charge on any atom is -0.326 e. The standard InChI is InChI=1S/C18H19BrN2O3/c19-12-3-5-13(6-4-12)20-14(22)7-8-21-17(23)15-10-1-2-11(9-10)16(15)18(21)24/h3-6,10-11,15-16H,1-2,7-9H2,(H,20,22)/t10-,11-,15-,16-/m0/s1. The van der Waals surface area contributed by atoms with Gasteiger partial charge in [-0.2, -0.15) is 0 Å². The first-order chi connectivity index (χ1) is 11.5. The Morgan fingerprint density at radius 1 is 1.08 bits per heavy atom. The number of anilines is 1. The Bertz CT molecular complexity index is 675. The Balaban J connectivity index is 1.36. The largest absolute Gasteiger partial charge is 0.326 e. The first-order valence-electron chi connectivity index (χ1n) is 8.45. The van der Waals surface area contributed by atoms with Crippen molar-refractivity contribution < 1.29 is 14.4 Å². The second-order valence-corrected chi connectivity index (χ2v) is 7.93. The number of hydrogen-bond donors (Lipinski definition) is 1. The summed E-state index contributed by atoms with van der Waals surface area (Å²) in [6.45, 7) is 0.187. The van der Waals surface area contributed by atoms with Crippen molar-refractivity contribution in [2.75, 3.05) is 11.9 Å². The molecule has 0 spiro atoms. The van der Waals surface area contributed by atoms with Crippen LogP contribution in [0.5, 0.6) is 0 Å². The zero-order valence-electron chi connectivity index (χ0n) is 13.2. The molecule has 6 heteroatoms. The summed E-state index contributed by atoms with van der Waals surface area (Å²) in [6, 6.07) is 7.30. The van der Waals surface area contributed by atoms with Gasteiger partial charge in [0.1, 0.15) is 0 Å². The maximum absolute atomic E-state index is 12.6. The van der Waals surface area contributed by atoms with Gasteiger partial charge in [-0.3, -0.25) is 19.3 Å². The summed E-state index contributed by atoms with van der Waals surface area (Å²) in [7, 11) is 0. The summed E-state index contributed by atoms with van der Waals surface area (Å²) < 4.78 is 0.940. The molecule has 3 fully saturated rings. The lowest BCUT2D eigenvalue weighted by atomic mass is 9.81. The number of benzene rings is 1. The van der Waals surface area contributed by atoms with Crippen LogP contribution in [-0.2, 0) is 14.4 Å². The summed E-state index contributed by atoms with van der Waals surface area (Å²) in [5.41, 5.74) is 0.706. The highest BCUT2D eigenvalue weighted by Gasteiger charge is 2.60. The van der Waals surface area contributed by atoms with Gasteiger partial charge in [-0.1, -0.05) is 15.9 Å². The number of carbonyl (C=O) groups excluding carboxylic acids is 3. The lowest BCUT2D eigenvalue weighted by Crippen LogP contribution is -2.35. The Morgan fingerprint density at radius 3 is 2.25 bits per heavy atom. The zero-order chi connectivity index (χ0) is 16.8. The van der Waals surface area contributed by atoms with Crippen LogP contribution in [0.2, 0.25) is 0 Å². The van der Waals surface area contributed by atoms with Gasteiger partial charge in [0.15, 0.2) is 0 Å². The van der Waals surface area contributed by atoms with Crippen molar-refractivity contribution in [3.05, 3.63) is 28.7 Å². The van der Waals surface area contributed by atoms with Crippen molar-refractivity contribution in [1.82, 2.24) is 4.90 Å². The number of carbonyl (C=O) groups is 3. The van der Waals surface area contributed by atoms with Crippen molar-refractivity contribution in [2.24, 2.45) is 23.7 Å². The number of halogens is 1. The summed E-state index contributed by atoms with van der Waals surface area (Å²) in [5, 5.41) is 2.79. The third-order valence-electron chi connectivity index (χ3n) is 5.71. The molecule has 1 heterocycles. The van der Waals surface area contributed by atoms with Gasteiger partial charge in [-0.25, -0.2) is 0 Å². The Labute approximate surface area is 148 Å². The van der Waals surface area contributed by atoms with Crippen molar-refractivity contribution in [3.8, 4) is 0 Å². The molecule has 4 rings (SSSR count). The SMILES string of the molecule is O=C(CCN1C(=O)[C@H]2[C@H]3CC[C@@H](C3)[C@@H]2C1=O)Nc1ccc(Br)cc1. The molecule has 2 bridgehead atoms. The third kappa shape index (κ3) is 2.57. The maximum Gasteiger partial charge on any atom is 0.233 e. The molecule has 1 aromatic rings. The minimum atomic E-state index is -0.182. The highest BCUT2D eigenvalue weighted by Crippen LogP contribution is 2.56. The second kappa shape index (κ2) is 5.99. The molecule has 1 N–H and O–H groups in total. The van der Waals surface area contributed by atoms with E-state index in [-0.39, 0.29) is 42.5 Å². The molecule has 0 aromatic heterocycles. The van der Waals surface area contributed by atoms with Crippen molar-refractivity contribution in [3.63, 3.8) is 0 Å². The average molecular weight is 391 g/mol. The van der Waals surface area contributed by atoms with E-state index in [1.54, 1.807) is 12.1 Å². The van der Waals surface area contributed by atoms with Gasteiger partial charge >= 0.3 is 0 Å². The average Bonchev–Trinajstić information content (AvgIpc) is 3.23. The monoisotopic (exact) mass is 390 g/mol. The molecule has 1 aromatic carbocycles. The summed E-state index contributed by atoms with van der Waals surface area (Å²) in [4.78, 5) is 38.5. The molecule has 2 aliphatic carbocycles. The van der Waals surface area contributed by atoms with E-state index in [0.717, 1.165) is 23.7 Å². The number of amides is 3. The summed E-state index contributed by atoms with van der Waals surface area (Å²) >= 11 is 3.34. The molecule has 1 saturated heterocycles.